The van der Waals surface area contributed by atoms with Crippen LogP contribution in [0.3, 0.4) is 0 Å². The lowest BCUT2D eigenvalue weighted by Crippen LogP contribution is -2.32. The van der Waals surface area contributed by atoms with Crippen molar-refractivity contribution >= 4 is 5.97 Å². The number of nitrogens with zero attached hydrogens (tertiary/aromatic N) is 1. The highest BCUT2D eigenvalue weighted by atomic mass is 16.5. The molecular weight excluding hydrogens is 168 g/mol. The van der Waals surface area contributed by atoms with Crippen molar-refractivity contribution in [2.24, 2.45) is 5.73 Å². The van der Waals surface area contributed by atoms with Crippen LogP contribution in [0, 0.1) is 0 Å². The first-order chi connectivity index (χ1) is 6.24. The van der Waals surface area contributed by atoms with Gasteiger partial charge in [-0.05, 0) is 33.0 Å². The van der Waals surface area contributed by atoms with Gasteiger partial charge in [0.05, 0.1) is 13.2 Å². The number of likely N-dealkylation sites (N-methyl/N-ethyl adjacent to an activating group) is 1. The summed E-state index contributed by atoms with van der Waals surface area (Å²) in [7, 11) is 0. The summed E-state index contributed by atoms with van der Waals surface area (Å²) in [5.41, 5.74) is 5.38. The van der Waals surface area contributed by atoms with Crippen LogP contribution in [0.1, 0.15) is 20.3 Å². The quantitative estimate of drug-likeness (QED) is 0.581. The Morgan fingerprint density at radius 1 is 1.46 bits per heavy atom. The number of ether oxygens (including phenoxy) is 1. The lowest BCUT2D eigenvalue weighted by Gasteiger charge is -2.18. The minimum atomic E-state index is -0.152. The molecule has 0 aromatic heterocycles. The summed E-state index contributed by atoms with van der Waals surface area (Å²) in [6.45, 7) is 7.06. The van der Waals surface area contributed by atoms with Crippen molar-refractivity contribution in [1.29, 1.82) is 0 Å². The van der Waals surface area contributed by atoms with Crippen molar-refractivity contribution in [3.8, 4) is 0 Å². The third-order valence-corrected chi connectivity index (χ3v) is 1.78. The highest BCUT2D eigenvalue weighted by molar-refractivity contribution is 5.71. The average molecular weight is 188 g/mol. The van der Waals surface area contributed by atoms with Crippen LogP contribution in [0.4, 0.5) is 0 Å². The molecule has 4 nitrogen and oxygen atoms in total. The number of hydrogen-bond donors (Lipinski definition) is 1. The number of rotatable bonds is 7. The predicted molar refractivity (Wildman–Crippen MR) is 52.4 cm³/mol. The highest BCUT2D eigenvalue weighted by Gasteiger charge is 2.08. The van der Waals surface area contributed by atoms with Gasteiger partial charge in [0.2, 0.25) is 0 Å². The fourth-order valence-corrected chi connectivity index (χ4v) is 1.05. The summed E-state index contributed by atoms with van der Waals surface area (Å²) >= 11 is 0. The van der Waals surface area contributed by atoms with Gasteiger partial charge >= 0.3 is 5.97 Å². The van der Waals surface area contributed by atoms with E-state index in [4.69, 9.17) is 10.5 Å². The van der Waals surface area contributed by atoms with E-state index in [-0.39, 0.29) is 5.97 Å². The molecule has 0 aliphatic rings. The lowest BCUT2D eigenvalue weighted by molar-refractivity contribution is -0.144. The first kappa shape index (κ1) is 12.4. The molecule has 13 heavy (non-hydrogen) atoms. The van der Waals surface area contributed by atoms with Gasteiger partial charge in [-0.1, -0.05) is 6.92 Å². The van der Waals surface area contributed by atoms with Gasteiger partial charge in [-0.3, -0.25) is 9.69 Å². The second-order valence-electron chi connectivity index (χ2n) is 2.82. The Balaban J connectivity index is 3.62. The van der Waals surface area contributed by atoms with Crippen molar-refractivity contribution < 1.29 is 9.53 Å². The van der Waals surface area contributed by atoms with Crippen LogP contribution in [-0.2, 0) is 9.53 Å². The van der Waals surface area contributed by atoms with Crippen molar-refractivity contribution in [1.82, 2.24) is 4.90 Å². The van der Waals surface area contributed by atoms with Crippen molar-refractivity contribution in [2.45, 2.75) is 20.3 Å². The van der Waals surface area contributed by atoms with Gasteiger partial charge in [0.1, 0.15) is 0 Å². The van der Waals surface area contributed by atoms with Crippen molar-refractivity contribution in [2.75, 3.05) is 32.8 Å². The van der Waals surface area contributed by atoms with E-state index >= 15 is 0 Å². The van der Waals surface area contributed by atoms with Crippen LogP contribution in [0.2, 0.25) is 0 Å². The third-order valence-electron chi connectivity index (χ3n) is 1.78. The zero-order valence-electron chi connectivity index (χ0n) is 8.58. The molecular formula is C9H20N2O2. The fraction of sp³-hybridized carbons (Fsp3) is 0.889. The molecule has 0 radical (unpaired) electrons. The van der Waals surface area contributed by atoms with Crippen LogP contribution in [0.15, 0.2) is 0 Å². The first-order valence-electron chi connectivity index (χ1n) is 4.82. The number of nitrogens with two attached hydrogens (primary N) is 1. The van der Waals surface area contributed by atoms with Crippen LogP contribution in [0.5, 0.6) is 0 Å². The second kappa shape index (κ2) is 8.01. The van der Waals surface area contributed by atoms with E-state index in [1.807, 2.05) is 18.7 Å². The maximum absolute atomic E-state index is 11.1. The summed E-state index contributed by atoms with van der Waals surface area (Å²) in [5, 5.41) is 0. The van der Waals surface area contributed by atoms with Crippen LogP contribution in [-0.4, -0.2) is 43.7 Å². The largest absolute Gasteiger partial charge is 0.465 e. The Morgan fingerprint density at radius 2 is 2.15 bits per heavy atom. The van der Waals surface area contributed by atoms with Gasteiger partial charge < -0.3 is 10.5 Å². The minimum Gasteiger partial charge on any atom is -0.465 e. The van der Waals surface area contributed by atoms with E-state index < -0.39 is 0 Å². The van der Waals surface area contributed by atoms with E-state index in [2.05, 4.69) is 0 Å². The van der Waals surface area contributed by atoms with E-state index in [0.29, 0.717) is 19.7 Å². The maximum Gasteiger partial charge on any atom is 0.320 e. The molecule has 78 valence electrons. The summed E-state index contributed by atoms with van der Waals surface area (Å²) in [6, 6.07) is 0. The summed E-state index contributed by atoms with van der Waals surface area (Å²) in [4.78, 5) is 13.1. The molecule has 0 spiro atoms. The van der Waals surface area contributed by atoms with E-state index in [1.54, 1.807) is 0 Å². The van der Waals surface area contributed by atoms with E-state index in [1.165, 1.54) is 0 Å². The summed E-state index contributed by atoms with van der Waals surface area (Å²) < 4.78 is 4.84. The minimum absolute atomic E-state index is 0.152. The van der Waals surface area contributed by atoms with Crippen molar-refractivity contribution in [3.63, 3.8) is 0 Å². The Labute approximate surface area is 80.0 Å². The molecule has 2 N–H and O–H groups in total. The number of carbonyl (C=O) groups is 1. The van der Waals surface area contributed by atoms with Gasteiger partial charge in [-0.2, -0.15) is 0 Å². The topological polar surface area (TPSA) is 55.6 Å². The fourth-order valence-electron chi connectivity index (χ4n) is 1.05. The molecule has 0 atom stereocenters. The molecule has 0 aliphatic carbocycles. The number of hydrogen-bond acceptors (Lipinski definition) is 4. The highest BCUT2D eigenvalue weighted by Crippen LogP contribution is 1.91. The number of esters is 1. The van der Waals surface area contributed by atoms with Gasteiger partial charge in [-0.15, -0.1) is 0 Å². The molecule has 0 fully saturated rings. The van der Waals surface area contributed by atoms with Gasteiger partial charge in [0, 0.05) is 0 Å². The lowest BCUT2D eigenvalue weighted by atomic mass is 10.3. The SMILES string of the molecule is CCOC(=O)CN(CC)CCCN. The monoisotopic (exact) mass is 188 g/mol. The zero-order valence-corrected chi connectivity index (χ0v) is 8.58. The molecule has 0 amide bonds. The van der Waals surface area contributed by atoms with Crippen molar-refractivity contribution in [3.05, 3.63) is 0 Å². The van der Waals surface area contributed by atoms with Crippen LogP contribution >= 0.6 is 0 Å². The normalized spacial score (nSPS) is 10.5. The summed E-state index contributed by atoms with van der Waals surface area (Å²) in [5.74, 6) is -0.152. The molecule has 0 bridgehead atoms. The molecule has 0 unspecified atom stereocenters. The van der Waals surface area contributed by atoms with Gasteiger partial charge in [0.25, 0.3) is 0 Å². The van der Waals surface area contributed by atoms with E-state index in [9.17, 15) is 4.79 Å². The third kappa shape index (κ3) is 6.54. The average Bonchev–Trinajstić information content (AvgIpc) is 2.12. The first-order valence-corrected chi connectivity index (χ1v) is 4.82. The standard InChI is InChI=1S/C9H20N2O2/c1-3-11(7-5-6-10)8-9(12)13-4-2/h3-8,10H2,1-2H3. The summed E-state index contributed by atoms with van der Waals surface area (Å²) in [6.07, 6.45) is 0.924. The maximum atomic E-state index is 11.1. The molecule has 0 rings (SSSR count). The van der Waals surface area contributed by atoms with Crippen LogP contribution in [0.25, 0.3) is 0 Å². The molecule has 0 saturated heterocycles. The molecule has 0 aromatic carbocycles. The number of carbonyl (C=O) groups excluding carboxylic acids is 1. The predicted octanol–water partition coefficient (Wildman–Crippen LogP) is 0.220. The Hall–Kier alpha value is -0.610. The Morgan fingerprint density at radius 3 is 2.62 bits per heavy atom. The molecule has 0 heterocycles. The Bertz CT molecular complexity index is 140. The van der Waals surface area contributed by atoms with Crippen LogP contribution < -0.4 is 5.73 Å². The zero-order chi connectivity index (χ0) is 10.1. The van der Waals surface area contributed by atoms with Gasteiger partial charge in [0.15, 0.2) is 0 Å². The molecule has 0 saturated carbocycles. The smallest absolute Gasteiger partial charge is 0.320 e. The molecule has 0 aromatic rings. The van der Waals surface area contributed by atoms with Gasteiger partial charge in [-0.25, -0.2) is 0 Å². The second-order valence-corrected chi connectivity index (χ2v) is 2.82. The van der Waals surface area contributed by atoms with E-state index in [0.717, 1.165) is 19.5 Å². The Kier molecular flexibility index (Phi) is 7.63. The molecule has 4 heteroatoms. The molecule has 0 aliphatic heterocycles.